The van der Waals surface area contributed by atoms with Crippen LogP contribution in [0.2, 0.25) is 0 Å². The van der Waals surface area contributed by atoms with Gasteiger partial charge in [0.05, 0.1) is 17.6 Å². The van der Waals surface area contributed by atoms with Gasteiger partial charge in [-0.3, -0.25) is 10.1 Å². The van der Waals surface area contributed by atoms with Gasteiger partial charge in [-0.05, 0) is 39.0 Å². The zero-order chi connectivity index (χ0) is 15.4. The molecule has 112 valence electrons. The van der Waals surface area contributed by atoms with Gasteiger partial charge in [-0.25, -0.2) is 0 Å². The summed E-state index contributed by atoms with van der Waals surface area (Å²) in [5.74, 6) is 1.91. The standard InChI is InChI=1S/C15H18N2O4/c1-4-20-15-9-12(6-7-13(15)17(18)19)16-11(3)14-8-5-10(2)21-14/h5-9,11,16H,4H2,1-3H3. The highest BCUT2D eigenvalue weighted by molar-refractivity contribution is 5.58. The van der Waals surface area contributed by atoms with Gasteiger partial charge in [-0.15, -0.1) is 0 Å². The minimum Gasteiger partial charge on any atom is -0.487 e. The van der Waals surface area contributed by atoms with Crippen LogP contribution in [0.15, 0.2) is 34.7 Å². The Labute approximate surface area is 122 Å². The molecule has 1 unspecified atom stereocenters. The lowest BCUT2D eigenvalue weighted by Crippen LogP contribution is -2.06. The number of nitrogens with zero attached hydrogens (tertiary/aromatic N) is 1. The molecular weight excluding hydrogens is 272 g/mol. The first-order valence-corrected chi connectivity index (χ1v) is 6.75. The van der Waals surface area contributed by atoms with E-state index < -0.39 is 4.92 Å². The van der Waals surface area contributed by atoms with Crippen LogP contribution in [-0.2, 0) is 0 Å². The maximum Gasteiger partial charge on any atom is 0.311 e. The van der Waals surface area contributed by atoms with Gasteiger partial charge >= 0.3 is 5.69 Å². The number of nitro groups is 1. The van der Waals surface area contributed by atoms with Crippen molar-refractivity contribution in [1.29, 1.82) is 0 Å². The molecule has 2 aromatic rings. The summed E-state index contributed by atoms with van der Waals surface area (Å²) < 4.78 is 10.9. The van der Waals surface area contributed by atoms with Crippen molar-refractivity contribution in [2.45, 2.75) is 26.8 Å². The average Bonchev–Trinajstić information content (AvgIpc) is 2.86. The maximum absolute atomic E-state index is 10.9. The first-order valence-electron chi connectivity index (χ1n) is 6.75. The smallest absolute Gasteiger partial charge is 0.311 e. The fraction of sp³-hybridized carbons (Fsp3) is 0.333. The molecular formula is C15H18N2O4. The summed E-state index contributed by atoms with van der Waals surface area (Å²) in [6.45, 7) is 6.00. The number of hydrogen-bond donors (Lipinski definition) is 1. The monoisotopic (exact) mass is 290 g/mol. The first kappa shape index (κ1) is 14.9. The number of furan rings is 1. The fourth-order valence-corrected chi connectivity index (χ4v) is 2.03. The zero-order valence-corrected chi connectivity index (χ0v) is 12.3. The molecule has 6 heteroatoms. The van der Waals surface area contributed by atoms with Crippen molar-refractivity contribution in [2.75, 3.05) is 11.9 Å². The Hall–Kier alpha value is -2.50. The van der Waals surface area contributed by atoms with Crippen molar-refractivity contribution in [2.24, 2.45) is 0 Å². The second-order valence-corrected chi connectivity index (χ2v) is 4.69. The van der Waals surface area contributed by atoms with Gasteiger partial charge in [-0.1, -0.05) is 0 Å². The molecule has 0 radical (unpaired) electrons. The molecule has 2 rings (SSSR count). The lowest BCUT2D eigenvalue weighted by atomic mass is 10.2. The third-order valence-electron chi connectivity index (χ3n) is 3.03. The molecule has 0 fully saturated rings. The topological polar surface area (TPSA) is 77.5 Å². The van der Waals surface area contributed by atoms with E-state index in [1.807, 2.05) is 26.0 Å². The Kier molecular flexibility index (Phi) is 4.47. The van der Waals surface area contributed by atoms with E-state index >= 15 is 0 Å². The highest BCUT2D eigenvalue weighted by atomic mass is 16.6. The Morgan fingerprint density at radius 2 is 2.14 bits per heavy atom. The van der Waals surface area contributed by atoms with Crippen LogP contribution in [-0.4, -0.2) is 11.5 Å². The molecule has 0 bridgehead atoms. The van der Waals surface area contributed by atoms with Crippen LogP contribution < -0.4 is 10.1 Å². The molecule has 0 amide bonds. The Bertz CT molecular complexity index is 636. The van der Waals surface area contributed by atoms with Gasteiger partial charge in [0.1, 0.15) is 11.5 Å². The van der Waals surface area contributed by atoms with Crippen LogP contribution in [0.4, 0.5) is 11.4 Å². The van der Waals surface area contributed by atoms with E-state index in [1.165, 1.54) is 6.07 Å². The Morgan fingerprint density at radius 1 is 1.38 bits per heavy atom. The average molecular weight is 290 g/mol. The molecule has 6 nitrogen and oxygen atoms in total. The molecule has 0 saturated heterocycles. The lowest BCUT2D eigenvalue weighted by molar-refractivity contribution is -0.385. The Balaban J connectivity index is 2.20. The second kappa shape index (κ2) is 6.30. The molecule has 1 atom stereocenters. The van der Waals surface area contributed by atoms with Gasteiger partial charge in [0.15, 0.2) is 5.75 Å². The molecule has 0 aliphatic rings. The largest absolute Gasteiger partial charge is 0.487 e. The number of aryl methyl sites for hydroxylation is 1. The zero-order valence-electron chi connectivity index (χ0n) is 12.3. The number of ether oxygens (including phenoxy) is 1. The van der Waals surface area contributed by atoms with Crippen LogP contribution in [0.1, 0.15) is 31.4 Å². The fourth-order valence-electron chi connectivity index (χ4n) is 2.03. The van der Waals surface area contributed by atoms with Crippen LogP contribution in [0, 0.1) is 17.0 Å². The molecule has 1 aromatic heterocycles. The highest BCUT2D eigenvalue weighted by Crippen LogP contribution is 2.31. The van der Waals surface area contributed by atoms with E-state index in [0.717, 1.165) is 17.2 Å². The molecule has 0 aliphatic carbocycles. The van der Waals surface area contributed by atoms with Gasteiger partial charge < -0.3 is 14.5 Å². The highest BCUT2D eigenvalue weighted by Gasteiger charge is 2.17. The van der Waals surface area contributed by atoms with Crippen molar-refractivity contribution < 1.29 is 14.1 Å². The van der Waals surface area contributed by atoms with Crippen molar-refractivity contribution in [3.05, 3.63) is 52.0 Å². The van der Waals surface area contributed by atoms with E-state index in [4.69, 9.17) is 9.15 Å². The molecule has 21 heavy (non-hydrogen) atoms. The third kappa shape index (κ3) is 3.53. The van der Waals surface area contributed by atoms with E-state index in [0.29, 0.717) is 6.61 Å². The molecule has 1 aromatic carbocycles. The number of nitrogens with one attached hydrogen (secondary N) is 1. The summed E-state index contributed by atoms with van der Waals surface area (Å²) >= 11 is 0. The van der Waals surface area contributed by atoms with Crippen LogP contribution in [0.5, 0.6) is 5.75 Å². The van der Waals surface area contributed by atoms with Crippen molar-refractivity contribution in [3.63, 3.8) is 0 Å². The number of rotatable bonds is 6. The third-order valence-corrected chi connectivity index (χ3v) is 3.03. The molecule has 0 spiro atoms. The molecule has 0 saturated carbocycles. The molecule has 1 heterocycles. The van der Waals surface area contributed by atoms with Crippen LogP contribution in [0.3, 0.4) is 0 Å². The normalized spacial score (nSPS) is 12.0. The lowest BCUT2D eigenvalue weighted by Gasteiger charge is -2.14. The number of benzene rings is 1. The summed E-state index contributed by atoms with van der Waals surface area (Å²) in [6.07, 6.45) is 0. The van der Waals surface area contributed by atoms with E-state index in [-0.39, 0.29) is 17.5 Å². The quantitative estimate of drug-likeness (QED) is 0.641. The summed E-state index contributed by atoms with van der Waals surface area (Å²) in [6, 6.07) is 8.49. The van der Waals surface area contributed by atoms with E-state index in [1.54, 1.807) is 19.1 Å². The van der Waals surface area contributed by atoms with Crippen molar-refractivity contribution in [3.8, 4) is 5.75 Å². The van der Waals surface area contributed by atoms with E-state index in [2.05, 4.69) is 5.32 Å². The number of anilines is 1. The Morgan fingerprint density at radius 3 is 2.71 bits per heavy atom. The summed E-state index contributed by atoms with van der Waals surface area (Å²) in [4.78, 5) is 10.5. The maximum atomic E-state index is 10.9. The predicted octanol–water partition coefficient (Wildman–Crippen LogP) is 4.07. The van der Waals surface area contributed by atoms with Crippen LogP contribution >= 0.6 is 0 Å². The molecule has 0 aliphatic heterocycles. The molecule has 1 N–H and O–H groups in total. The first-order chi connectivity index (χ1) is 10.0. The van der Waals surface area contributed by atoms with Gasteiger partial charge in [0.2, 0.25) is 0 Å². The summed E-state index contributed by atoms with van der Waals surface area (Å²) in [5, 5.41) is 14.2. The van der Waals surface area contributed by atoms with Crippen molar-refractivity contribution in [1.82, 2.24) is 0 Å². The van der Waals surface area contributed by atoms with Gasteiger partial charge in [0, 0.05) is 17.8 Å². The summed E-state index contributed by atoms with van der Waals surface area (Å²) in [7, 11) is 0. The minimum atomic E-state index is -0.450. The minimum absolute atomic E-state index is 0.0381. The van der Waals surface area contributed by atoms with Gasteiger partial charge in [0.25, 0.3) is 0 Å². The SMILES string of the molecule is CCOc1cc(NC(C)c2ccc(C)o2)ccc1[N+](=O)[O-]. The predicted molar refractivity (Wildman–Crippen MR) is 79.7 cm³/mol. The van der Waals surface area contributed by atoms with E-state index in [9.17, 15) is 10.1 Å². The number of nitro benzene ring substituents is 1. The van der Waals surface area contributed by atoms with Crippen LogP contribution in [0.25, 0.3) is 0 Å². The summed E-state index contributed by atoms with van der Waals surface area (Å²) in [5.41, 5.74) is 0.703. The van der Waals surface area contributed by atoms with Crippen molar-refractivity contribution >= 4 is 11.4 Å². The number of hydrogen-bond acceptors (Lipinski definition) is 5. The van der Waals surface area contributed by atoms with Gasteiger partial charge in [-0.2, -0.15) is 0 Å². The second-order valence-electron chi connectivity index (χ2n) is 4.69.